The van der Waals surface area contributed by atoms with Crippen molar-refractivity contribution in [3.63, 3.8) is 0 Å². The number of ether oxygens (including phenoxy) is 2. The highest BCUT2D eigenvalue weighted by Gasteiger charge is 2.34. The Balaban J connectivity index is 1.96. The lowest BCUT2D eigenvalue weighted by atomic mass is 10.0. The minimum atomic E-state index is -0.487. The third-order valence-electron chi connectivity index (χ3n) is 2.92. The first-order valence-corrected chi connectivity index (χ1v) is 7.37. The summed E-state index contributed by atoms with van der Waals surface area (Å²) in [7, 11) is 2.68. The fourth-order valence-electron chi connectivity index (χ4n) is 2.00. The molecular weight excluding hydrogens is 273 g/mol. The molecule has 1 aromatic carbocycles. The topological polar surface area (TPSA) is 50.9 Å². The van der Waals surface area contributed by atoms with Crippen molar-refractivity contribution in [3.05, 3.63) is 29.8 Å². The van der Waals surface area contributed by atoms with Crippen molar-refractivity contribution in [2.75, 3.05) is 6.61 Å². The summed E-state index contributed by atoms with van der Waals surface area (Å²) in [6.45, 7) is 6.26. The van der Waals surface area contributed by atoms with Crippen LogP contribution in [-0.2, 0) is 15.9 Å². The van der Waals surface area contributed by atoms with E-state index in [1.165, 1.54) is 5.56 Å². The van der Waals surface area contributed by atoms with Gasteiger partial charge in [0, 0.05) is 0 Å². The van der Waals surface area contributed by atoms with Crippen LogP contribution >= 0.6 is 9.24 Å². The van der Waals surface area contributed by atoms with Gasteiger partial charge in [-0.25, -0.2) is 4.79 Å². The number of rotatable bonds is 4. The minimum Gasteiger partial charge on any atom is -0.444 e. The molecule has 0 bridgehead atoms. The standard InChI is InChI=1S/C15H22NO3P/c1-15(2,3)19-14(17)16-12(13-9-18-13)8-10-5-4-6-11(20)7-10/h4-7,12-13H,8-9,20H2,1-3H3,(H,16,17). The molecule has 0 saturated carbocycles. The lowest BCUT2D eigenvalue weighted by molar-refractivity contribution is 0.0495. The van der Waals surface area contributed by atoms with Crippen molar-refractivity contribution in [1.82, 2.24) is 5.32 Å². The van der Waals surface area contributed by atoms with Gasteiger partial charge in [0.05, 0.1) is 12.6 Å². The van der Waals surface area contributed by atoms with Crippen LogP contribution in [0.15, 0.2) is 24.3 Å². The number of hydrogen-bond acceptors (Lipinski definition) is 3. The number of hydrogen-bond donors (Lipinski definition) is 1. The Labute approximate surface area is 122 Å². The van der Waals surface area contributed by atoms with E-state index in [0.717, 1.165) is 11.7 Å². The van der Waals surface area contributed by atoms with Gasteiger partial charge in [-0.2, -0.15) is 0 Å². The zero-order chi connectivity index (χ0) is 14.8. The molecule has 1 aromatic rings. The maximum absolute atomic E-state index is 11.9. The average molecular weight is 295 g/mol. The number of alkyl carbamates (subject to hydrolysis) is 1. The summed E-state index contributed by atoms with van der Waals surface area (Å²) >= 11 is 0. The Morgan fingerprint density at radius 3 is 2.80 bits per heavy atom. The predicted octanol–water partition coefficient (Wildman–Crippen LogP) is 2.02. The van der Waals surface area contributed by atoms with Gasteiger partial charge in [0.2, 0.25) is 0 Å². The second-order valence-corrected chi connectivity index (χ2v) is 6.74. The molecule has 2 rings (SSSR count). The Morgan fingerprint density at radius 1 is 1.55 bits per heavy atom. The van der Waals surface area contributed by atoms with Crippen molar-refractivity contribution in [2.45, 2.75) is 44.9 Å². The van der Waals surface area contributed by atoms with E-state index in [2.05, 4.69) is 26.7 Å². The third-order valence-corrected chi connectivity index (χ3v) is 3.28. The lowest BCUT2D eigenvalue weighted by Crippen LogP contribution is -2.43. The zero-order valence-electron chi connectivity index (χ0n) is 12.2. The summed E-state index contributed by atoms with van der Waals surface area (Å²) in [6.07, 6.45) is 0.447. The van der Waals surface area contributed by atoms with Crippen LogP contribution in [-0.4, -0.2) is 30.4 Å². The van der Waals surface area contributed by atoms with Crippen LogP contribution < -0.4 is 10.6 Å². The van der Waals surface area contributed by atoms with Gasteiger partial charge in [0.25, 0.3) is 0 Å². The summed E-state index contributed by atoms with van der Waals surface area (Å²) < 4.78 is 10.6. The monoisotopic (exact) mass is 295 g/mol. The highest BCUT2D eigenvalue weighted by atomic mass is 31.0. The van der Waals surface area contributed by atoms with Crippen molar-refractivity contribution >= 4 is 20.6 Å². The molecule has 4 nitrogen and oxygen atoms in total. The lowest BCUT2D eigenvalue weighted by Gasteiger charge is -2.23. The number of benzene rings is 1. The van der Waals surface area contributed by atoms with Crippen molar-refractivity contribution in [2.24, 2.45) is 0 Å². The second kappa shape index (κ2) is 6.11. The van der Waals surface area contributed by atoms with E-state index in [9.17, 15) is 4.79 Å². The fraction of sp³-hybridized carbons (Fsp3) is 0.533. The maximum atomic E-state index is 11.9. The quantitative estimate of drug-likeness (QED) is 0.683. The number of amides is 1. The first kappa shape index (κ1) is 15.3. The number of epoxide rings is 1. The minimum absolute atomic E-state index is 0.0448. The van der Waals surface area contributed by atoms with Gasteiger partial charge >= 0.3 is 6.09 Å². The number of nitrogens with one attached hydrogen (secondary N) is 1. The molecule has 1 aliphatic rings. The molecule has 3 unspecified atom stereocenters. The van der Waals surface area contributed by atoms with Crippen LogP contribution in [0.3, 0.4) is 0 Å². The largest absolute Gasteiger partial charge is 0.444 e. The van der Waals surface area contributed by atoms with Crippen LogP contribution in [0.2, 0.25) is 0 Å². The van der Waals surface area contributed by atoms with Gasteiger partial charge in [0.15, 0.2) is 0 Å². The van der Waals surface area contributed by atoms with E-state index < -0.39 is 5.60 Å². The van der Waals surface area contributed by atoms with Crippen molar-refractivity contribution in [1.29, 1.82) is 0 Å². The number of carbonyl (C=O) groups is 1. The van der Waals surface area contributed by atoms with E-state index >= 15 is 0 Å². The molecule has 3 atom stereocenters. The second-order valence-electron chi connectivity index (χ2n) is 6.07. The third kappa shape index (κ3) is 5.10. The van der Waals surface area contributed by atoms with Gasteiger partial charge in [0.1, 0.15) is 11.7 Å². The predicted molar refractivity (Wildman–Crippen MR) is 82.4 cm³/mol. The molecule has 0 radical (unpaired) electrons. The Hall–Kier alpha value is -1.12. The molecule has 1 N–H and O–H groups in total. The Bertz CT molecular complexity index is 480. The molecule has 0 spiro atoms. The van der Waals surface area contributed by atoms with Crippen LogP contribution in [0.1, 0.15) is 26.3 Å². The van der Waals surface area contributed by atoms with Gasteiger partial charge in [-0.05, 0) is 38.1 Å². The molecule has 110 valence electrons. The Kier molecular flexibility index (Phi) is 4.66. The average Bonchev–Trinajstić information content (AvgIpc) is 3.09. The van der Waals surface area contributed by atoms with Crippen LogP contribution in [0, 0.1) is 0 Å². The zero-order valence-corrected chi connectivity index (χ0v) is 13.3. The van der Waals surface area contributed by atoms with Gasteiger partial charge in [-0.15, -0.1) is 9.24 Å². The highest BCUT2D eigenvalue weighted by molar-refractivity contribution is 7.27. The van der Waals surface area contributed by atoms with E-state index in [1.807, 2.05) is 32.9 Å². The molecule has 1 amide bonds. The number of carbonyl (C=O) groups excluding carboxylic acids is 1. The molecule has 0 aromatic heterocycles. The van der Waals surface area contributed by atoms with Crippen LogP contribution in [0.25, 0.3) is 0 Å². The molecule has 1 fully saturated rings. The Morgan fingerprint density at radius 2 is 2.25 bits per heavy atom. The molecule has 1 heterocycles. The van der Waals surface area contributed by atoms with E-state index in [0.29, 0.717) is 6.61 Å². The molecule has 20 heavy (non-hydrogen) atoms. The first-order valence-electron chi connectivity index (χ1n) is 6.79. The summed E-state index contributed by atoms with van der Waals surface area (Å²) in [4.78, 5) is 11.9. The van der Waals surface area contributed by atoms with E-state index in [1.54, 1.807) is 0 Å². The summed E-state index contributed by atoms with van der Waals surface area (Å²) in [6, 6.07) is 8.14. The summed E-state index contributed by atoms with van der Waals surface area (Å²) in [5.74, 6) is 0. The van der Waals surface area contributed by atoms with Crippen LogP contribution in [0.4, 0.5) is 4.79 Å². The van der Waals surface area contributed by atoms with Gasteiger partial charge < -0.3 is 14.8 Å². The first-order chi connectivity index (χ1) is 9.33. The summed E-state index contributed by atoms with van der Waals surface area (Å²) in [5.41, 5.74) is 0.688. The normalized spacial score (nSPS) is 19.3. The molecule has 1 aliphatic heterocycles. The molecule has 0 aliphatic carbocycles. The molecular formula is C15H22NO3P. The smallest absolute Gasteiger partial charge is 0.407 e. The van der Waals surface area contributed by atoms with E-state index in [-0.39, 0.29) is 18.2 Å². The van der Waals surface area contributed by atoms with Crippen molar-refractivity contribution in [3.8, 4) is 0 Å². The maximum Gasteiger partial charge on any atom is 0.407 e. The van der Waals surface area contributed by atoms with Gasteiger partial charge in [-0.3, -0.25) is 0 Å². The molecule has 1 saturated heterocycles. The molecule has 5 heteroatoms. The van der Waals surface area contributed by atoms with Crippen LogP contribution in [0.5, 0.6) is 0 Å². The SMILES string of the molecule is CC(C)(C)OC(=O)NC(Cc1cccc(P)c1)C1CO1. The summed E-state index contributed by atoms with van der Waals surface area (Å²) in [5, 5.41) is 4.04. The highest BCUT2D eigenvalue weighted by Crippen LogP contribution is 2.19. The fourth-order valence-corrected chi connectivity index (χ4v) is 2.32. The van der Waals surface area contributed by atoms with E-state index in [4.69, 9.17) is 9.47 Å². The van der Waals surface area contributed by atoms with Gasteiger partial charge in [-0.1, -0.05) is 24.3 Å². The van der Waals surface area contributed by atoms with Crippen molar-refractivity contribution < 1.29 is 14.3 Å².